The smallest absolute Gasteiger partial charge is 0.253 e. The van der Waals surface area contributed by atoms with Crippen LogP contribution in [0.2, 0.25) is 0 Å². The Bertz CT molecular complexity index is 1140. The lowest BCUT2D eigenvalue weighted by Gasteiger charge is -2.38. The number of rotatable bonds is 5. The minimum atomic E-state index is -0.910. The van der Waals surface area contributed by atoms with Crippen LogP contribution < -0.4 is 0 Å². The summed E-state index contributed by atoms with van der Waals surface area (Å²) in [7, 11) is 2.16. The maximum Gasteiger partial charge on any atom is 0.253 e. The number of hydrogen-bond acceptors (Lipinski definition) is 4. The first-order chi connectivity index (χ1) is 16.9. The Morgan fingerprint density at radius 1 is 1.00 bits per heavy atom. The molecule has 2 aliphatic rings. The van der Waals surface area contributed by atoms with E-state index < -0.39 is 5.60 Å². The highest BCUT2D eigenvalue weighted by atomic mass is 19.1. The van der Waals surface area contributed by atoms with Crippen molar-refractivity contribution >= 4 is 5.91 Å². The monoisotopic (exact) mass is 476 g/mol. The van der Waals surface area contributed by atoms with Gasteiger partial charge in [-0.05, 0) is 99.8 Å². The number of carbonyl (C=O) groups is 1. The van der Waals surface area contributed by atoms with Crippen molar-refractivity contribution in [1.29, 1.82) is 0 Å². The third-order valence-electron chi connectivity index (χ3n) is 7.63. The minimum absolute atomic E-state index is 0.0262. The third kappa shape index (κ3) is 5.31. The van der Waals surface area contributed by atoms with E-state index in [2.05, 4.69) is 29.2 Å². The van der Waals surface area contributed by atoms with Gasteiger partial charge in [0.05, 0.1) is 11.3 Å². The van der Waals surface area contributed by atoms with E-state index in [9.17, 15) is 14.3 Å². The number of amides is 1. The van der Waals surface area contributed by atoms with Gasteiger partial charge in [0, 0.05) is 37.0 Å². The van der Waals surface area contributed by atoms with Crippen LogP contribution in [0.25, 0.3) is 5.69 Å². The number of likely N-dealkylation sites (tertiary alicyclic amines) is 2. The molecule has 2 saturated heterocycles. The molecule has 0 radical (unpaired) electrons. The number of benzene rings is 2. The molecule has 0 aliphatic carbocycles. The molecule has 7 heteroatoms. The van der Waals surface area contributed by atoms with Crippen molar-refractivity contribution in [2.45, 2.75) is 43.6 Å². The fourth-order valence-electron chi connectivity index (χ4n) is 5.34. The molecule has 0 bridgehead atoms. The van der Waals surface area contributed by atoms with Crippen LogP contribution in [0.5, 0.6) is 0 Å². The van der Waals surface area contributed by atoms with E-state index in [4.69, 9.17) is 0 Å². The topological polar surface area (TPSA) is 61.6 Å². The molecule has 5 rings (SSSR count). The summed E-state index contributed by atoms with van der Waals surface area (Å²) < 4.78 is 15.0. The van der Waals surface area contributed by atoms with Crippen molar-refractivity contribution in [3.63, 3.8) is 0 Å². The van der Waals surface area contributed by atoms with Crippen molar-refractivity contribution in [3.8, 4) is 5.69 Å². The zero-order chi connectivity index (χ0) is 24.4. The van der Waals surface area contributed by atoms with Crippen molar-refractivity contribution in [2.75, 3.05) is 33.2 Å². The number of aromatic nitrogens is 2. The molecule has 0 unspecified atom stereocenters. The lowest BCUT2D eigenvalue weighted by molar-refractivity contribution is -0.0172. The summed E-state index contributed by atoms with van der Waals surface area (Å²) in [5.74, 6) is 0.302. The number of halogens is 1. The number of piperidine rings is 2. The van der Waals surface area contributed by atoms with Crippen molar-refractivity contribution in [3.05, 3.63) is 83.4 Å². The zero-order valence-corrected chi connectivity index (χ0v) is 20.2. The Balaban J connectivity index is 1.19. The predicted molar refractivity (Wildman–Crippen MR) is 133 cm³/mol. The predicted octanol–water partition coefficient (Wildman–Crippen LogP) is 4.03. The molecular formula is C28H33FN4O2. The summed E-state index contributed by atoms with van der Waals surface area (Å²) in [5, 5.41) is 15.6. The Morgan fingerprint density at radius 2 is 1.66 bits per heavy atom. The lowest BCUT2D eigenvalue weighted by Crippen LogP contribution is -2.48. The second kappa shape index (κ2) is 9.91. The fourth-order valence-corrected chi connectivity index (χ4v) is 5.34. The Morgan fingerprint density at radius 3 is 2.31 bits per heavy atom. The van der Waals surface area contributed by atoms with E-state index in [1.54, 1.807) is 23.0 Å². The molecule has 1 aromatic heterocycles. The van der Waals surface area contributed by atoms with Gasteiger partial charge in [-0.2, -0.15) is 5.10 Å². The lowest BCUT2D eigenvalue weighted by atomic mass is 9.86. The van der Waals surface area contributed by atoms with Crippen LogP contribution in [0.4, 0.5) is 4.39 Å². The summed E-state index contributed by atoms with van der Waals surface area (Å²) in [5.41, 5.74) is 2.74. The summed E-state index contributed by atoms with van der Waals surface area (Å²) in [4.78, 5) is 17.3. The SMILES string of the molecule is CN1CCC(c2ccc(C(=O)N3CCC(O)(Cc4ccnn4-c4ccc(F)cc4)CC3)cc2)CC1. The van der Waals surface area contributed by atoms with Crippen LogP contribution in [0, 0.1) is 5.82 Å². The molecule has 0 spiro atoms. The molecule has 0 saturated carbocycles. The molecule has 184 valence electrons. The van der Waals surface area contributed by atoms with E-state index in [1.807, 2.05) is 23.1 Å². The first-order valence-electron chi connectivity index (χ1n) is 12.5. The van der Waals surface area contributed by atoms with E-state index in [0.29, 0.717) is 43.8 Å². The first-order valence-corrected chi connectivity index (χ1v) is 12.5. The molecule has 2 fully saturated rings. The molecule has 6 nitrogen and oxygen atoms in total. The molecule has 3 heterocycles. The molecule has 2 aromatic carbocycles. The first kappa shape index (κ1) is 23.7. The maximum atomic E-state index is 13.3. The van der Waals surface area contributed by atoms with Crippen molar-refractivity contribution in [2.24, 2.45) is 0 Å². The van der Waals surface area contributed by atoms with Gasteiger partial charge in [0.1, 0.15) is 5.82 Å². The van der Waals surface area contributed by atoms with Crippen LogP contribution in [0.1, 0.15) is 53.2 Å². The minimum Gasteiger partial charge on any atom is -0.389 e. The highest BCUT2D eigenvalue weighted by Crippen LogP contribution is 2.30. The second-order valence-corrected chi connectivity index (χ2v) is 10.1. The van der Waals surface area contributed by atoms with Crippen LogP contribution in [0.15, 0.2) is 60.8 Å². The summed E-state index contributed by atoms with van der Waals surface area (Å²) in [6, 6.07) is 16.2. The Kier molecular flexibility index (Phi) is 6.71. The summed E-state index contributed by atoms with van der Waals surface area (Å²) in [6.07, 6.45) is 5.44. The maximum absolute atomic E-state index is 13.3. The van der Waals surface area contributed by atoms with Gasteiger partial charge in [0.25, 0.3) is 5.91 Å². The van der Waals surface area contributed by atoms with Crippen molar-refractivity contribution in [1.82, 2.24) is 19.6 Å². The second-order valence-electron chi connectivity index (χ2n) is 10.1. The van der Waals surface area contributed by atoms with Gasteiger partial charge >= 0.3 is 0 Å². The zero-order valence-electron chi connectivity index (χ0n) is 20.2. The van der Waals surface area contributed by atoms with Gasteiger partial charge in [-0.25, -0.2) is 9.07 Å². The van der Waals surface area contributed by atoms with Gasteiger partial charge in [0.2, 0.25) is 0 Å². The normalized spacial score (nSPS) is 19.1. The van der Waals surface area contributed by atoms with Gasteiger partial charge in [-0.15, -0.1) is 0 Å². The summed E-state index contributed by atoms with van der Waals surface area (Å²) >= 11 is 0. The van der Waals surface area contributed by atoms with Crippen LogP contribution in [-0.2, 0) is 6.42 Å². The number of carbonyl (C=O) groups excluding carboxylic acids is 1. The highest BCUT2D eigenvalue weighted by Gasteiger charge is 2.35. The third-order valence-corrected chi connectivity index (χ3v) is 7.63. The molecule has 0 atom stereocenters. The van der Waals surface area contributed by atoms with E-state index >= 15 is 0 Å². The molecule has 1 N–H and O–H groups in total. The quantitative estimate of drug-likeness (QED) is 0.604. The fraction of sp³-hybridized carbons (Fsp3) is 0.429. The summed E-state index contributed by atoms with van der Waals surface area (Å²) in [6.45, 7) is 3.26. The van der Waals surface area contributed by atoms with Crippen LogP contribution in [-0.4, -0.2) is 69.4 Å². The van der Waals surface area contributed by atoms with Gasteiger partial charge in [-0.3, -0.25) is 4.79 Å². The number of aliphatic hydroxyl groups is 1. The largest absolute Gasteiger partial charge is 0.389 e. The average Bonchev–Trinajstić information content (AvgIpc) is 3.32. The molecular weight excluding hydrogens is 443 g/mol. The molecule has 1 amide bonds. The number of hydrogen-bond donors (Lipinski definition) is 1. The van der Waals surface area contributed by atoms with Crippen LogP contribution >= 0.6 is 0 Å². The van der Waals surface area contributed by atoms with E-state index in [0.717, 1.165) is 37.3 Å². The van der Waals surface area contributed by atoms with E-state index in [1.165, 1.54) is 17.7 Å². The molecule has 2 aliphatic heterocycles. The number of nitrogens with zero attached hydrogens (tertiary/aromatic N) is 4. The Labute approximate surface area is 206 Å². The Hall–Kier alpha value is -3.03. The van der Waals surface area contributed by atoms with Gasteiger partial charge in [0.15, 0.2) is 0 Å². The van der Waals surface area contributed by atoms with Crippen molar-refractivity contribution < 1.29 is 14.3 Å². The van der Waals surface area contributed by atoms with Gasteiger partial charge < -0.3 is 14.9 Å². The standard InChI is InChI=1S/C28H33FN4O2/c1-31-16-11-22(12-17-31)21-2-4-23(5-3-21)27(34)32-18-13-28(35,14-19-32)20-26-10-15-30-33(26)25-8-6-24(29)7-9-25/h2-10,15,22,35H,11-14,16-20H2,1H3. The van der Waals surface area contributed by atoms with Crippen LogP contribution in [0.3, 0.4) is 0 Å². The molecule has 3 aromatic rings. The average molecular weight is 477 g/mol. The van der Waals surface area contributed by atoms with E-state index in [-0.39, 0.29) is 11.7 Å². The van der Waals surface area contributed by atoms with Gasteiger partial charge in [-0.1, -0.05) is 12.1 Å². The molecule has 35 heavy (non-hydrogen) atoms. The highest BCUT2D eigenvalue weighted by molar-refractivity contribution is 5.94.